The Morgan fingerprint density at radius 2 is 1.26 bits per heavy atom. The zero-order chi connectivity index (χ0) is 31.1. The molecule has 0 bridgehead atoms. The molecule has 0 aliphatic carbocycles. The average Bonchev–Trinajstić information content (AvgIpc) is 2.95. The number of carbonyl (C=O) groups is 5. The predicted molar refractivity (Wildman–Crippen MR) is 155 cm³/mol. The standard InChI is InChI=1S/C29H40N6O7/c30-15-5-4-8-22(33-26(38)21(31)16-18-6-2-1-3-7-18)27(39)34-23(13-14-25(32)37)28(40)35-24(29(41)42)17-19-9-11-20(36)12-10-19/h1-3,6-7,9-12,21-24,36H,4-5,8,13-17,30-31H2,(H2,32,37)(H,33,38)(H,34,39)(H,35,40)(H,41,42). The van der Waals surface area contributed by atoms with Crippen molar-refractivity contribution in [1.29, 1.82) is 0 Å². The van der Waals surface area contributed by atoms with Gasteiger partial charge in [-0.05, 0) is 61.9 Å². The van der Waals surface area contributed by atoms with E-state index in [4.69, 9.17) is 17.2 Å². The fourth-order valence-corrected chi connectivity index (χ4v) is 4.17. The molecule has 2 aromatic rings. The smallest absolute Gasteiger partial charge is 0.326 e. The van der Waals surface area contributed by atoms with E-state index in [1.165, 1.54) is 24.3 Å². The highest BCUT2D eigenvalue weighted by atomic mass is 16.4. The van der Waals surface area contributed by atoms with E-state index in [0.717, 1.165) is 5.56 Å². The number of rotatable bonds is 18. The van der Waals surface area contributed by atoms with E-state index in [0.29, 0.717) is 24.9 Å². The number of hydrogen-bond donors (Lipinski definition) is 8. The van der Waals surface area contributed by atoms with E-state index in [1.54, 1.807) is 0 Å². The first kappa shape index (κ1) is 33.7. The maximum Gasteiger partial charge on any atom is 0.326 e. The van der Waals surface area contributed by atoms with Gasteiger partial charge in [0.1, 0.15) is 23.9 Å². The molecule has 0 saturated carbocycles. The third-order valence-corrected chi connectivity index (χ3v) is 6.52. The quantitative estimate of drug-likeness (QED) is 0.105. The molecular formula is C29H40N6O7. The second kappa shape index (κ2) is 17.4. The Bertz CT molecular complexity index is 1190. The van der Waals surface area contributed by atoms with Gasteiger partial charge in [0.25, 0.3) is 0 Å². The summed E-state index contributed by atoms with van der Waals surface area (Å²) in [6.07, 6.45) is 0.957. The van der Waals surface area contributed by atoms with E-state index in [1.807, 2.05) is 30.3 Å². The number of amides is 4. The van der Waals surface area contributed by atoms with Crippen LogP contribution in [-0.4, -0.2) is 70.5 Å². The molecule has 11 N–H and O–H groups in total. The highest BCUT2D eigenvalue weighted by molar-refractivity contribution is 5.94. The number of phenolic OH excluding ortho intramolecular Hbond substituents is 1. The van der Waals surface area contributed by atoms with Crippen LogP contribution in [0.15, 0.2) is 54.6 Å². The number of aliphatic carboxylic acids is 1. The molecule has 0 fully saturated rings. The minimum Gasteiger partial charge on any atom is -0.508 e. The van der Waals surface area contributed by atoms with Crippen molar-refractivity contribution in [1.82, 2.24) is 16.0 Å². The topological polar surface area (TPSA) is 240 Å². The van der Waals surface area contributed by atoms with Crippen LogP contribution in [0.25, 0.3) is 0 Å². The van der Waals surface area contributed by atoms with Gasteiger partial charge >= 0.3 is 5.97 Å². The van der Waals surface area contributed by atoms with E-state index in [-0.39, 0.29) is 37.9 Å². The number of primary amides is 1. The van der Waals surface area contributed by atoms with Crippen molar-refractivity contribution in [2.45, 2.75) is 69.1 Å². The van der Waals surface area contributed by atoms with Gasteiger partial charge in [-0.3, -0.25) is 19.2 Å². The van der Waals surface area contributed by atoms with Crippen LogP contribution >= 0.6 is 0 Å². The summed E-state index contributed by atoms with van der Waals surface area (Å²) in [5, 5.41) is 26.7. The van der Waals surface area contributed by atoms with Gasteiger partial charge in [0.15, 0.2) is 0 Å². The summed E-state index contributed by atoms with van der Waals surface area (Å²) >= 11 is 0. The molecule has 4 amide bonds. The van der Waals surface area contributed by atoms with Gasteiger partial charge in [0.2, 0.25) is 23.6 Å². The molecule has 0 radical (unpaired) electrons. The van der Waals surface area contributed by atoms with Gasteiger partial charge in [-0.1, -0.05) is 42.5 Å². The number of unbranched alkanes of at least 4 members (excludes halogenated alkanes) is 1. The first-order valence-electron chi connectivity index (χ1n) is 13.7. The van der Waals surface area contributed by atoms with E-state index < -0.39 is 53.8 Å². The van der Waals surface area contributed by atoms with Crippen LogP contribution in [-0.2, 0) is 36.8 Å². The van der Waals surface area contributed by atoms with Crippen LogP contribution in [0.5, 0.6) is 5.75 Å². The van der Waals surface area contributed by atoms with Gasteiger partial charge in [-0.2, -0.15) is 0 Å². The third kappa shape index (κ3) is 11.9. The fraction of sp³-hybridized carbons (Fsp3) is 0.414. The van der Waals surface area contributed by atoms with Crippen molar-refractivity contribution in [2.75, 3.05) is 6.54 Å². The molecule has 0 aliphatic rings. The Morgan fingerprint density at radius 1 is 0.714 bits per heavy atom. The number of carboxylic acids is 1. The number of carboxylic acid groups (broad SMARTS) is 1. The van der Waals surface area contributed by atoms with Crippen molar-refractivity contribution >= 4 is 29.6 Å². The molecule has 0 saturated heterocycles. The van der Waals surface area contributed by atoms with Crippen LogP contribution < -0.4 is 33.2 Å². The lowest BCUT2D eigenvalue weighted by atomic mass is 10.0. The van der Waals surface area contributed by atoms with Crippen molar-refractivity contribution in [3.05, 3.63) is 65.7 Å². The number of nitrogens with two attached hydrogens (primary N) is 3. The highest BCUT2D eigenvalue weighted by Gasteiger charge is 2.30. The van der Waals surface area contributed by atoms with Crippen LogP contribution in [0, 0.1) is 0 Å². The number of benzene rings is 2. The summed E-state index contributed by atoms with van der Waals surface area (Å²) in [5.74, 6) is -4.16. The number of carbonyl (C=O) groups excluding carboxylic acids is 4. The van der Waals surface area contributed by atoms with Gasteiger partial charge in [-0.25, -0.2) is 4.79 Å². The summed E-state index contributed by atoms with van der Waals surface area (Å²) in [7, 11) is 0. The molecule has 13 nitrogen and oxygen atoms in total. The zero-order valence-corrected chi connectivity index (χ0v) is 23.3. The Labute approximate surface area is 244 Å². The fourth-order valence-electron chi connectivity index (χ4n) is 4.17. The summed E-state index contributed by atoms with van der Waals surface area (Å²) in [6.45, 7) is 0.372. The van der Waals surface area contributed by atoms with E-state index in [9.17, 15) is 34.2 Å². The molecule has 2 aromatic carbocycles. The van der Waals surface area contributed by atoms with Gasteiger partial charge in [0.05, 0.1) is 6.04 Å². The molecular weight excluding hydrogens is 544 g/mol. The summed E-state index contributed by atoms with van der Waals surface area (Å²) in [6, 6.07) is 10.2. The normalized spacial score (nSPS) is 13.7. The Kier molecular flexibility index (Phi) is 13.9. The Hall–Kier alpha value is -4.49. The van der Waals surface area contributed by atoms with E-state index in [2.05, 4.69) is 16.0 Å². The maximum atomic E-state index is 13.3. The monoisotopic (exact) mass is 584 g/mol. The van der Waals surface area contributed by atoms with Crippen molar-refractivity contribution in [3.63, 3.8) is 0 Å². The predicted octanol–water partition coefficient (Wildman–Crippen LogP) is -0.562. The van der Waals surface area contributed by atoms with Gasteiger partial charge < -0.3 is 43.4 Å². The SMILES string of the molecule is NCCCCC(NC(=O)C(N)Cc1ccccc1)C(=O)NC(CCC(N)=O)C(=O)NC(Cc1ccc(O)cc1)C(=O)O. The Morgan fingerprint density at radius 3 is 1.83 bits per heavy atom. The number of nitrogens with one attached hydrogen (secondary N) is 3. The van der Waals surface area contributed by atoms with Gasteiger partial charge in [-0.15, -0.1) is 0 Å². The minimum atomic E-state index is -1.37. The van der Waals surface area contributed by atoms with Crippen LogP contribution in [0.4, 0.5) is 0 Å². The molecule has 4 atom stereocenters. The van der Waals surface area contributed by atoms with Crippen molar-refractivity contribution in [2.24, 2.45) is 17.2 Å². The zero-order valence-electron chi connectivity index (χ0n) is 23.3. The highest BCUT2D eigenvalue weighted by Crippen LogP contribution is 2.12. The van der Waals surface area contributed by atoms with Crippen molar-refractivity contribution < 1.29 is 34.2 Å². The lowest BCUT2D eigenvalue weighted by Gasteiger charge is -2.25. The number of phenols is 1. The largest absolute Gasteiger partial charge is 0.508 e. The Balaban J connectivity index is 2.15. The van der Waals surface area contributed by atoms with Crippen LogP contribution in [0.2, 0.25) is 0 Å². The number of aromatic hydroxyl groups is 1. The molecule has 42 heavy (non-hydrogen) atoms. The summed E-state index contributed by atoms with van der Waals surface area (Å²) in [5.41, 5.74) is 18.3. The first-order valence-corrected chi connectivity index (χ1v) is 13.7. The molecule has 0 spiro atoms. The molecule has 4 unspecified atom stereocenters. The lowest BCUT2D eigenvalue weighted by Crippen LogP contribution is -2.57. The first-order chi connectivity index (χ1) is 20.0. The molecule has 13 heteroatoms. The van der Waals surface area contributed by atoms with Crippen LogP contribution in [0.3, 0.4) is 0 Å². The van der Waals surface area contributed by atoms with Crippen molar-refractivity contribution in [3.8, 4) is 5.75 Å². The molecule has 0 aliphatic heterocycles. The molecule has 2 rings (SSSR count). The average molecular weight is 585 g/mol. The number of hydrogen-bond acceptors (Lipinski definition) is 8. The minimum absolute atomic E-state index is 0.00183. The molecule has 0 heterocycles. The second-order valence-electron chi connectivity index (χ2n) is 9.98. The molecule has 0 aromatic heterocycles. The van der Waals surface area contributed by atoms with Crippen LogP contribution in [0.1, 0.15) is 43.2 Å². The third-order valence-electron chi connectivity index (χ3n) is 6.52. The van der Waals surface area contributed by atoms with Gasteiger partial charge in [0, 0.05) is 12.8 Å². The second-order valence-corrected chi connectivity index (χ2v) is 9.98. The lowest BCUT2D eigenvalue weighted by molar-refractivity contribution is -0.142. The summed E-state index contributed by atoms with van der Waals surface area (Å²) in [4.78, 5) is 62.7. The summed E-state index contributed by atoms with van der Waals surface area (Å²) < 4.78 is 0. The maximum absolute atomic E-state index is 13.3. The van der Waals surface area contributed by atoms with E-state index >= 15 is 0 Å². The molecule has 228 valence electrons.